The summed E-state index contributed by atoms with van der Waals surface area (Å²) < 4.78 is 18.8. The van der Waals surface area contributed by atoms with Gasteiger partial charge >= 0.3 is 5.97 Å². The molecule has 0 radical (unpaired) electrons. The van der Waals surface area contributed by atoms with Gasteiger partial charge in [-0.1, -0.05) is 0 Å². The number of halogens is 1. The van der Waals surface area contributed by atoms with Crippen molar-refractivity contribution in [1.29, 1.82) is 0 Å². The second-order valence-corrected chi connectivity index (χ2v) is 4.73. The Labute approximate surface area is 121 Å². The van der Waals surface area contributed by atoms with Gasteiger partial charge in [0.25, 0.3) is 5.91 Å². The number of carbonyl (C=O) groups is 2. The Kier molecular flexibility index (Phi) is 4.26. The fourth-order valence-electron chi connectivity index (χ4n) is 2.17. The summed E-state index contributed by atoms with van der Waals surface area (Å²) in [4.78, 5) is 24.4. The van der Waals surface area contributed by atoms with E-state index in [9.17, 15) is 14.0 Å². The number of fused-ring (bicyclic) bond motifs is 1. The quantitative estimate of drug-likeness (QED) is 0.920. The van der Waals surface area contributed by atoms with Crippen molar-refractivity contribution in [3.63, 3.8) is 0 Å². The van der Waals surface area contributed by atoms with Crippen LogP contribution >= 0.6 is 0 Å². The molecule has 5 nitrogen and oxygen atoms in total. The van der Waals surface area contributed by atoms with E-state index in [1.807, 2.05) is 0 Å². The molecule has 0 atom stereocenters. The number of benzene rings is 1. The topological polar surface area (TPSA) is 70.8 Å². The lowest BCUT2D eigenvalue weighted by Gasteiger charge is -2.18. The van der Waals surface area contributed by atoms with Gasteiger partial charge in [0.15, 0.2) is 5.76 Å². The van der Waals surface area contributed by atoms with E-state index in [0.29, 0.717) is 23.1 Å². The van der Waals surface area contributed by atoms with Crippen molar-refractivity contribution in [3.8, 4) is 0 Å². The van der Waals surface area contributed by atoms with Crippen LogP contribution in [0.15, 0.2) is 22.6 Å². The van der Waals surface area contributed by atoms with E-state index < -0.39 is 11.8 Å². The van der Waals surface area contributed by atoms with Crippen LogP contribution in [-0.4, -0.2) is 35.0 Å². The zero-order valence-corrected chi connectivity index (χ0v) is 11.9. The number of furan rings is 1. The third kappa shape index (κ3) is 3.04. The summed E-state index contributed by atoms with van der Waals surface area (Å²) in [5.41, 5.74) is 0.995. The third-order valence-electron chi connectivity index (χ3n) is 3.36. The average molecular weight is 293 g/mol. The van der Waals surface area contributed by atoms with Crippen molar-refractivity contribution in [3.05, 3.63) is 35.3 Å². The Morgan fingerprint density at radius 2 is 2.10 bits per heavy atom. The molecule has 6 heteroatoms. The molecule has 0 aliphatic heterocycles. The number of carboxylic acids is 1. The Hall–Kier alpha value is -2.37. The van der Waals surface area contributed by atoms with Gasteiger partial charge in [-0.3, -0.25) is 9.59 Å². The molecule has 0 saturated carbocycles. The fourth-order valence-corrected chi connectivity index (χ4v) is 2.17. The van der Waals surface area contributed by atoms with E-state index in [4.69, 9.17) is 9.52 Å². The number of carbonyl (C=O) groups excluding carboxylic acids is 1. The number of amides is 1. The van der Waals surface area contributed by atoms with Gasteiger partial charge in [-0.15, -0.1) is 0 Å². The molecule has 0 aliphatic rings. The van der Waals surface area contributed by atoms with Gasteiger partial charge in [-0.2, -0.15) is 0 Å². The van der Waals surface area contributed by atoms with Crippen LogP contribution in [-0.2, 0) is 4.79 Å². The van der Waals surface area contributed by atoms with Gasteiger partial charge in [0, 0.05) is 24.0 Å². The highest BCUT2D eigenvalue weighted by Gasteiger charge is 2.23. The van der Waals surface area contributed by atoms with Gasteiger partial charge in [0.05, 0.1) is 6.42 Å². The molecule has 1 aromatic carbocycles. The minimum absolute atomic E-state index is 0.107. The van der Waals surface area contributed by atoms with E-state index in [2.05, 4.69) is 0 Å². The molecule has 1 heterocycles. The molecule has 1 N–H and O–H groups in total. The predicted octanol–water partition coefficient (Wildman–Crippen LogP) is 2.82. The van der Waals surface area contributed by atoms with Crippen molar-refractivity contribution in [2.75, 3.05) is 13.1 Å². The summed E-state index contributed by atoms with van der Waals surface area (Å²) in [6.45, 7) is 3.92. The number of nitrogens with zero attached hydrogens (tertiary/aromatic N) is 1. The zero-order valence-electron chi connectivity index (χ0n) is 11.9. The summed E-state index contributed by atoms with van der Waals surface area (Å²) in [5.74, 6) is -1.62. The SMILES string of the molecule is CCN(CCC(=O)O)C(=O)c1oc2ccc(F)cc2c1C. The maximum Gasteiger partial charge on any atom is 0.305 e. The molecule has 1 amide bonds. The van der Waals surface area contributed by atoms with E-state index in [0.717, 1.165) is 0 Å². The number of aryl methyl sites for hydroxylation is 1. The lowest BCUT2D eigenvalue weighted by Crippen LogP contribution is -2.32. The highest BCUT2D eigenvalue weighted by molar-refractivity contribution is 5.99. The van der Waals surface area contributed by atoms with Crippen LogP contribution in [0.3, 0.4) is 0 Å². The van der Waals surface area contributed by atoms with Gasteiger partial charge in [0.1, 0.15) is 11.4 Å². The number of carboxylic acid groups (broad SMARTS) is 1. The minimum atomic E-state index is -0.968. The number of rotatable bonds is 5. The van der Waals surface area contributed by atoms with Crippen molar-refractivity contribution in [2.24, 2.45) is 0 Å². The monoisotopic (exact) mass is 293 g/mol. The van der Waals surface area contributed by atoms with E-state index in [1.54, 1.807) is 13.8 Å². The van der Waals surface area contributed by atoms with Gasteiger partial charge in [0.2, 0.25) is 0 Å². The van der Waals surface area contributed by atoms with Crippen LogP contribution in [0.4, 0.5) is 4.39 Å². The minimum Gasteiger partial charge on any atom is -0.481 e. The molecular weight excluding hydrogens is 277 g/mol. The Balaban J connectivity index is 2.33. The number of hydrogen-bond donors (Lipinski definition) is 1. The van der Waals surface area contributed by atoms with Crippen LogP contribution in [0.5, 0.6) is 0 Å². The third-order valence-corrected chi connectivity index (χ3v) is 3.36. The van der Waals surface area contributed by atoms with Crippen LogP contribution < -0.4 is 0 Å². The largest absolute Gasteiger partial charge is 0.481 e. The summed E-state index contributed by atoms with van der Waals surface area (Å²) >= 11 is 0. The highest BCUT2D eigenvalue weighted by Crippen LogP contribution is 2.27. The standard InChI is InChI=1S/C15H16FNO4/c1-3-17(7-6-13(18)19)15(20)14-9(2)11-8-10(16)4-5-12(11)21-14/h4-5,8H,3,6-7H2,1-2H3,(H,18,19). The normalized spacial score (nSPS) is 10.8. The Morgan fingerprint density at radius 3 is 2.71 bits per heavy atom. The summed E-state index contributed by atoms with van der Waals surface area (Å²) in [7, 11) is 0. The van der Waals surface area contributed by atoms with Crippen LogP contribution in [0.25, 0.3) is 11.0 Å². The van der Waals surface area contributed by atoms with Crippen LogP contribution in [0.2, 0.25) is 0 Å². The molecule has 0 bridgehead atoms. The average Bonchev–Trinajstić information content (AvgIpc) is 2.76. The van der Waals surface area contributed by atoms with Gasteiger partial charge in [-0.05, 0) is 32.0 Å². The molecule has 0 fully saturated rings. The second-order valence-electron chi connectivity index (χ2n) is 4.73. The molecular formula is C15H16FNO4. The first kappa shape index (κ1) is 15.0. The molecule has 0 unspecified atom stereocenters. The summed E-state index contributed by atoms with van der Waals surface area (Å²) in [6.07, 6.45) is -0.131. The Morgan fingerprint density at radius 1 is 1.38 bits per heavy atom. The molecule has 0 spiro atoms. The Bertz CT molecular complexity index is 692. The first-order valence-corrected chi connectivity index (χ1v) is 6.63. The molecule has 2 aromatic rings. The van der Waals surface area contributed by atoms with Gasteiger partial charge < -0.3 is 14.4 Å². The van der Waals surface area contributed by atoms with E-state index in [1.165, 1.54) is 23.1 Å². The molecule has 2 rings (SSSR count). The summed E-state index contributed by atoms with van der Waals surface area (Å²) in [5, 5.41) is 9.26. The van der Waals surface area contributed by atoms with Gasteiger partial charge in [-0.25, -0.2) is 4.39 Å². The first-order valence-electron chi connectivity index (χ1n) is 6.63. The van der Waals surface area contributed by atoms with E-state index >= 15 is 0 Å². The van der Waals surface area contributed by atoms with Crippen molar-refractivity contribution < 1.29 is 23.5 Å². The maximum absolute atomic E-state index is 13.3. The lowest BCUT2D eigenvalue weighted by atomic mass is 10.1. The van der Waals surface area contributed by atoms with Crippen molar-refractivity contribution in [1.82, 2.24) is 4.90 Å². The van der Waals surface area contributed by atoms with Crippen LogP contribution in [0, 0.1) is 12.7 Å². The molecule has 21 heavy (non-hydrogen) atoms. The molecule has 1 aromatic heterocycles. The zero-order chi connectivity index (χ0) is 15.6. The fraction of sp³-hybridized carbons (Fsp3) is 0.333. The van der Waals surface area contributed by atoms with Crippen molar-refractivity contribution >= 4 is 22.8 Å². The lowest BCUT2D eigenvalue weighted by molar-refractivity contribution is -0.137. The molecule has 0 aliphatic carbocycles. The number of aliphatic carboxylic acids is 1. The first-order chi connectivity index (χ1) is 9.93. The number of hydrogen-bond acceptors (Lipinski definition) is 3. The maximum atomic E-state index is 13.3. The van der Waals surface area contributed by atoms with Crippen molar-refractivity contribution in [2.45, 2.75) is 20.3 Å². The molecule has 112 valence electrons. The predicted molar refractivity (Wildman–Crippen MR) is 74.7 cm³/mol. The molecule has 0 saturated heterocycles. The smallest absolute Gasteiger partial charge is 0.305 e. The second kappa shape index (κ2) is 5.95. The summed E-state index contributed by atoms with van der Waals surface area (Å²) in [6, 6.07) is 4.06. The highest BCUT2D eigenvalue weighted by atomic mass is 19.1. The van der Waals surface area contributed by atoms with Crippen LogP contribution in [0.1, 0.15) is 29.5 Å². The van der Waals surface area contributed by atoms with E-state index in [-0.39, 0.29) is 24.6 Å².